The van der Waals surface area contributed by atoms with Crippen LogP contribution in [0.15, 0.2) is 42.5 Å². The number of nitrogens with two attached hydrogens (primary N) is 1. The van der Waals surface area contributed by atoms with E-state index >= 15 is 0 Å². The van der Waals surface area contributed by atoms with Crippen molar-refractivity contribution in [1.29, 1.82) is 0 Å². The van der Waals surface area contributed by atoms with Gasteiger partial charge in [-0.1, -0.05) is 23.7 Å². The largest absolute Gasteiger partial charge is 0.397 e. The molecule has 0 fully saturated rings. The highest BCUT2D eigenvalue weighted by Crippen LogP contribution is 2.23. The first-order valence-electron chi connectivity index (χ1n) is 6.10. The number of nitrogen functional groups attached to an aromatic ring is 1. The normalized spacial score (nSPS) is 12.2. The highest BCUT2D eigenvalue weighted by Gasteiger charge is 2.06. The van der Waals surface area contributed by atoms with Crippen molar-refractivity contribution >= 4 is 23.0 Å². The van der Waals surface area contributed by atoms with Crippen LogP contribution in [0.5, 0.6) is 0 Å². The van der Waals surface area contributed by atoms with Crippen LogP contribution in [0.2, 0.25) is 5.02 Å². The minimum Gasteiger partial charge on any atom is -0.397 e. The quantitative estimate of drug-likeness (QED) is 0.826. The molecular formula is C15H16ClFN2. The molecule has 0 saturated heterocycles. The van der Waals surface area contributed by atoms with Crippen LogP contribution in [0, 0.1) is 5.82 Å². The fourth-order valence-corrected chi connectivity index (χ4v) is 2.14. The summed E-state index contributed by atoms with van der Waals surface area (Å²) >= 11 is 5.85. The molecule has 0 amide bonds. The van der Waals surface area contributed by atoms with E-state index in [1.807, 2.05) is 6.07 Å². The minimum absolute atomic E-state index is 0.189. The Morgan fingerprint density at radius 2 is 1.89 bits per heavy atom. The molecule has 19 heavy (non-hydrogen) atoms. The van der Waals surface area contributed by atoms with Crippen molar-refractivity contribution in [3.8, 4) is 0 Å². The third-order valence-electron chi connectivity index (χ3n) is 2.87. The molecule has 3 N–H and O–H groups in total. The van der Waals surface area contributed by atoms with Gasteiger partial charge in [-0.05, 0) is 49.2 Å². The number of nitrogens with one attached hydrogen (secondary N) is 1. The van der Waals surface area contributed by atoms with Crippen LogP contribution in [-0.4, -0.2) is 6.04 Å². The SMILES string of the molecule is CC(Cc1ccc(F)cc1)Nc1ccc(Cl)cc1N. The van der Waals surface area contributed by atoms with Crippen molar-refractivity contribution in [2.24, 2.45) is 0 Å². The molecule has 2 aromatic carbocycles. The highest BCUT2D eigenvalue weighted by atomic mass is 35.5. The maximum atomic E-state index is 12.8. The molecular weight excluding hydrogens is 263 g/mol. The van der Waals surface area contributed by atoms with Gasteiger partial charge in [0, 0.05) is 11.1 Å². The molecule has 0 heterocycles. The molecule has 4 heteroatoms. The summed E-state index contributed by atoms with van der Waals surface area (Å²) in [6.45, 7) is 2.05. The van der Waals surface area contributed by atoms with Gasteiger partial charge in [0.1, 0.15) is 5.82 Å². The topological polar surface area (TPSA) is 38.0 Å². The van der Waals surface area contributed by atoms with E-state index in [1.165, 1.54) is 12.1 Å². The van der Waals surface area contributed by atoms with E-state index in [2.05, 4.69) is 12.2 Å². The lowest BCUT2D eigenvalue weighted by Gasteiger charge is -2.17. The summed E-state index contributed by atoms with van der Waals surface area (Å²) in [7, 11) is 0. The molecule has 1 atom stereocenters. The number of hydrogen-bond acceptors (Lipinski definition) is 2. The van der Waals surface area contributed by atoms with Gasteiger partial charge in [0.25, 0.3) is 0 Å². The first kappa shape index (κ1) is 13.7. The Morgan fingerprint density at radius 1 is 1.21 bits per heavy atom. The standard InChI is InChI=1S/C15H16ClFN2/c1-10(8-11-2-5-13(17)6-3-11)19-15-7-4-12(16)9-14(15)18/h2-7,9-10,19H,8,18H2,1H3. The average Bonchev–Trinajstić information content (AvgIpc) is 2.36. The lowest BCUT2D eigenvalue weighted by molar-refractivity contribution is 0.626. The monoisotopic (exact) mass is 278 g/mol. The van der Waals surface area contributed by atoms with Gasteiger partial charge in [-0.15, -0.1) is 0 Å². The summed E-state index contributed by atoms with van der Waals surface area (Å²) in [6, 6.07) is 12.1. The minimum atomic E-state index is -0.216. The zero-order chi connectivity index (χ0) is 13.8. The van der Waals surface area contributed by atoms with Crippen LogP contribution in [0.25, 0.3) is 0 Å². The van der Waals surface area contributed by atoms with Gasteiger partial charge in [-0.25, -0.2) is 4.39 Å². The predicted molar refractivity (Wildman–Crippen MR) is 79.1 cm³/mol. The smallest absolute Gasteiger partial charge is 0.123 e. The van der Waals surface area contributed by atoms with Crippen molar-refractivity contribution < 1.29 is 4.39 Å². The lowest BCUT2D eigenvalue weighted by Crippen LogP contribution is -2.18. The maximum absolute atomic E-state index is 12.8. The molecule has 100 valence electrons. The molecule has 0 radical (unpaired) electrons. The summed E-state index contributed by atoms with van der Waals surface area (Å²) < 4.78 is 12.8. The van der Waals surface area contributed by atoms with Crippen molar-refractivity contribution in [3.05, 3.63) is 58.9 Å². The van der Waals surface area contributed by atoms with Crippen molar-refractivity contribution in [3.63, 3.8) is 0 Å². The van der Waals surface area contributed by atoms with Gasteiger partial charge in [-0.2, -0.15) is 0 Å². The van der Waals surface area contributed by atoms with E-state index in [4.69, 9.17) is 17.3 Å². The molecule has 2 nitrogen and oxygen atoms in total. The second-order valence-corrected chi connectivity index (χ2v) is 5.04. The molecule has 0 aliphatic rings. The lowest BCUT2D eigenvalue weighted by atomic mass is 10.1. The second-order valence-electron chi connectivity index (χ2n) is 4.61. The molecule has 0 aliphatic heterocycles. The predicted octanol–water partition coefficient (Wildman–Crippen LogP) is 4.10. The molecule has 0 aliphatic carbocycles. The van der Waals surface area contributed by atoms with Crippen LogP contribution in [-0.2, 0) is 6.42 Å². The zero-order valence-electron chi connectivity index (χ0n) is 10.7. The second kappa shape index (κ2) is 5.93. The van der Waals surface area contributed by atoms with E-state index in [1.54, 1.807) is 24.3 Å². The highest BCUT2D eigenvalue weighted by molar-refractivity contribution is 6.31. The molecule has 0 aromatic heterocycles. The fraction of sp³-hybridized carbons (Fsp3) is 0.200. The van der Waals surface area contributed by atoms with E-state index < -0.39 is 0 Å². The third kappa shape index (κ3) is 3.86. The average molecular weight is 279 g/mol. The number of halogens is 2. The molecule has 1 unspecified atom stereocenters. The Bertz CT molecular complexity index is 555. The summed E-state index contributed by atoms with van der Waals surface area (Å²) in [5.74, 6) is -0.216. The van der Waals surface area contributed by atoms with Crippen molar-refractivity contribution in [2.45, 2.75) is 19.4 Å². The van der Waals surface area contributed by atoms with Gasteiger partial charge in [-0.3, -0.25) is 0 Å². The summed E-state index contributed by atoms with van der Waals surface area (Å²) in [6.07, 6.45) is 0.794. The number of rotatable bonds is 4. The molecule has 0 saturated carbocycles. The van der Waals surface area contributed by atoms with Crippen molar-refractivity contribution in [1.82, 2.24) is 0 Å². The Labute approximate surface area is 117 Å². The number of hydrogen-bond donors (Lipinski definition) is 2. The molecule has 2 aromatic rings. The summed E-state index contributed by atoms with van der Waals surface area (Å²) in [5, 5.41) is 3.94. The van der Waals surface area contributed by atoms with Crippen LogP contribution in [0.1, 0.15) is 12.5 Å². The number of anilines is 2. The number of benzene rings is 2. The van der Waals surface area contributed by atoms with Gasteiger partial charge in [0.2, 0.25) is 0 Å². The first-order chi connectivity index (χ1) is 9.04. The first-order valence-corrected chi connectivity index (χ1v) is 6.48. The molecule has 0 bridgehead atoms. The Kier molecular flexibility index (Phi) is 4.27. The zero-order valence-corrected chi connectivity index (χ0v) is 11.4. The summed E-state index contributed by atoms with van der Waals surface area (Å²) in [4.78, 5) is 0. The van der Waals surface area contributed by atoms with E-state index in [0.29, 0.717) is 10.7 Å². The van der Waals surface area contributed by atoms with E-state index in [0.717, 1.165) is 17.7 Å². The van der Waals surface area contributed by atoms with Gasteiger partial charge >= 0.3 is 0 Å². The molecule has 2 rings (SSSR count). The van der Waals surface area contributed by atoms with Gasteiger partial charge in [0.15, 0.2) is 0 Å². The molecule has 0 spiro atoms. The Hall–Kier alpha value is -1.74. The van der Waals surface area contributed by atoms with Gasteiger partial charge in [0.05, 0.1) is 11.4 Å². The Balaban J connectivity index is 2.01. The van der Waals surface area contributed by atoms with Crippen molar-refractivity contribution in [2.75, 3.05) is 11.1 Å². The fourth-order valence-electron chi connectivity index (χ4n) is 1.96. The van der Waals surface area contributed by atoms with Crippen LogP contribution in [0.3, 0.4) is 0 Å². The van der Waals surface area contributed by atoms with E-state index in [9.17, 15) is 4.39 Å². The van der Waals surface area contributed by atoms with Crippen LogP contribution < -0.4 is 11.1 Å². The third-order valence-corrected chi connectivity index (χ3v) is 3.11. The maximum Gasteiger partial charge on any atom is 0.123 e. The van der Waals surface area contributed by atoms with E-state index in [-0.39, 0.29) is 11.9 Å². The van der Waals surface area contributed by atoms with Gasteiger partial charge < -0.3 is 11.1 Å². The van der Waals surface area contributed by atoms with Crippen LogP contribution >= 0.6 is 11.6 Å². The Morgan fingerprint density at radius 3 is 2.53 bits per heavy atom. The van der Waals surface area contributed by atoms with Crippen LogP contribution in [0.4, 0.5) is 15.8 Å². The summed E-state index contributed by atoms with van der Waals surface area (Å²) in [5.41, 5.74) is 8.45.